The zero-order valence-electron chi connectivity index (χ0n) is 7.92. The summed E-state index contributed by atoms with van der Waals surface area (Å²) < 4.78 is 5.38. The van der Waals surface area contributed by atoms with E-state index in [-0.39, 0.29) is 11.7 Å². The summed E-state index contributed by atoms with van der Waals surface area (Å²) in [4.78, 5) is 0. The monoisotopic (exact) mass is 170 g/mol. The molecule has 2 aliphatic rings. The number of ether oxygens (including phenoxy) is 1. The summed E-state index contributed by atoms with van der Waals surface area (Å²) in [7, 11) is 0. The Kier molecular flexibility index (Phi) is 1.92. The first-order valence-corrected chi connectivity index (χ1v) is 4.94. The van der Waals surface area contributed by atoms with Gasteiger partial charge in [-0.25, -0.2) is 0 Å². The summed E-state index contributed by atoms with van der Waals surface area (Å²) in [6.45, 7) is 5.19. The third-order valence-electron chi connectivity index (χ3n) is 3.46. The van der Waals surface area contributed by atoms with Crippen LogP contribution < -0.4 is 0 Å². The molecular formula is C10H18O2. The summed E-state index contributed by atoms with van der Waals surface area (Å²) in [5.41, 5.74) is 0.0273. The van der Waals surface area contributed by atoms with E-state index in [1.807, 2.05) is 0 Å². The van der Waals surface area contributed by atoms with Gasteiger partial charge in [-0.1, -0.05) is 13.3 Å². The maximum atomic E-state index is 9.83. The fourth-order valence-corrected chi connectivity index (χ4v) is 2.39. The summed E-state index contributed by atoms with van der Waals surface area (Å²) in [5.74, 6) is 1.09. The molecule has 0 unspecified atom stereocenters. The van der Waals surface area contributed by atoms with E-state index in [4.69, 9.17) is 4.74 Å². The topological polar surface area (TPSA) is 32.8 Å². The molecule has 1 saturated heterocycles. The Morgan fingerprint density at radius 2 is 2.08 bits per heavy atom. The van der Waals surface area contributed by atoms with Gasteiger partial charge in [-0.15, -0.1) is 0 Å². The number of aliphatic hydroxyl groups excluding tert-OH is 1. The standard InChI is InChI=1S/C10H18O2/c1-7-3-4-8(9(11)5-7)10(2)6-12-10/h7-9,11H,3-6H2,1-2H3/t7-,8-,9-,10+/m1/s1. The van der Waals surface area contributed by atoms with Crippen molar-refractivity contribution in [2.75, 3.05) is 6.61 Å². The average Bonchev–Trinajstić information content (AvgIpc) is 2.68. The lowest BCUT2D eigenvalue weighted by atomic mass is 9.75. The number of epoxide rings is 1. The molecule has 70 valence electrons. The molecule has 2 rings (SSSR count). The maximum absolute atomic E-state index is 9.83. The summed E-state index contributed by atoms with van der Waals surface area (Å²) in [5, 5.41) is 9.83. The predicted octanol–water partition coefficient (Wildman–Crippen LogP) is 1.57. The van der Waals surface area contributed by atoms with Gasteiger partial charge < -0.3 is 9.84 Å². The van der Waals surface area contributed by atoms with Crippen LogP contribution in [-0.2, 0) is 4.74 Å². The number of aliphatic hydroxyl groups is 1. The molecule has 0 aromatic heterocycles. The molecule has 12 heavy (non-hydrogen) atoms. The fraction of sp³-hybridized carbons (Fsp3) is 1.00. The highest BCUT2D eigenvalue weighted by atomic mass is 16.6. The van der Waals surface area contributed by atoms with Gasteiger partial charge >= 0.3 is 0 Å². The van der Waals surface area contributed by atoms with E-state index < -0.39 is 0 Å². The fourth-order valence-electron chi connectivity index (χ4n) is 2.39. The Labute approximate surface area is 73.9 Å². The van der Waals surface area contributed by atoms with E-state index in [0.29, 0.717) is 11.8 Å². The normalized spacial score (nSPS) is 53.8. The molecule has 0 aromatic rings. The Balaban J connectivity index is 1.98. The van der Waals surface area contributed by atoms with Gasteiger partial charge in [0.05, 0.1) is 18.3 Å². The molecule has 0 radical (unpaired) electrons. The Morgan fingerprint density at radius 1 is 1.42 bits per heavy atom. The van der Waals surface area contributed by atoms with Crippen molar-refractivity contribution in [3.05, 3.63) is 0 Å². The van der Waals surface area contributed by atoms with E-state index in [2.05, 4.69) is 13.8 Å². The maximum Gasteiger partial charge on any atom is 0.0941 e. The first-order valence-electron chi connectivity index (χ1n) is 4.94. The van der Waals surface area contributed by atoms with Crippen molar-refractivity contribution in [1.82, 2.24) is 0 Å². The molecule has 1 N–H and O–H groups in total. The van der Waals surface area contributed by atoms with Gasteiger partial charge in [0.1, 0.15) is 0 Å². The lowest BCUT2D eigenvalue weighted by molar-refractivity contribution is 0.0103. The highest BCUT2D eigenvalue weighted by Gasteiger charge is 2.50. The zero-order valence-corrected chi connectivity index (χ0v) is 7.92. The number of hydrogen-bond donors (Lipinski definition) is 1. The van der Waals surface area contributed by atoms with E-state index in [1.165, 1.54) is 6.42 Å². The van der Waals surface area contributed by atoms with E-state index in [1.54, 1.807) is 0 Å². The first-order chi connectivity index (χ1) is 5.62. The van der Waals surface area contributed by atoms with Crippen LogP contribution in [0.1, 0.15) is 33.1 Å². The van der Waals surface area contributed by atoms with Crippen molar-refractivity contribution in [1.29, 1.82) is 0 Å². The predicted molar refractivity (Wildman–Crippen MR) is 46.9 cm³/mol. The molecule has 1 saturated carbocycles. The van der Waals surface area contributed by atoms with Gasteiger partial charge in [0.2, 0.25) is 0 Å². The van der Waals surface area contributed by atoms with Gasteiger partial charge in [-0.3, -0.25) is 0 Å². The minimum atomic E-state index is -0.124. The van der Waals surface area contributed by atoms with Gasteiger partial charge in [0.25, 0.3) is 0 Å². The van der Waals surface area contributed by atoms with Gasteiger partial charge in [-0.2, -0.15) is 0 Å². The molecular weight excluding hydrogens is 152 g/mol. The Bertz CT molecular complexity index is 175. The largest absolute Gasteiger partial charge is 0.393 e. The summed E-state index contributed by atoms with van der Waals surface area (Å²) in [6, 6.07) is 0. The van der Waals surface area contributed by atoms with Crippen LogP contribution in [0, 0.1) is 11.8 Å². The van der Waals surface area contributed by atoms with E-state index >= 15 is 0 Å². The first kappa shape index (κ1) is 8.52. The van der Waals surface area contributed by atoms with Crippen molar-refractivity contribution in [3.8, 4) is 0 Å². The van der Waals surface area contributed by atoms with Crippen molar-refractivity contribution in [3.63, 3.8) is 0 Å². The minimum Gasteiger partial charge on any atom is -0.393 e. The van der Waals surface area contributed by atoms with Crippen LogP contribution in [0.3, 0.4) is 0 Å². The highest BCUT2D eigenvalue weighted by Crippen LogP contribution is 2.44. The molecule has 1 aliphatic carbocycles. The van der Waals surface area contributed by atoms with Crippen molar-refractivity contribution in [2.24, 2.45) is 11.8 Å². The van der Waals surface area contributed by atoms with Crippen molar-refractivity contribution < 1.29 is 9.84 Å². The molecule has 0 bridgehead atoms. The van der Waals surface area contributed by atoms with E-state index in [9.17, 15) is 5.11 Å². The molecule has 0 spiro atoms. The highest BCUT2D eigenvalue weighted by molar-refractivity contribution is 4.99. The van der Waals surface area contributed by atoms with Crippen molar-refractivity contribution in [2.45, 2.75) is 44.8 Å². The van der Waals surface area contributed by atoms with E-state index in [0.717, 1.165) is 19.4 Å². The number of rotatable bonds is 1. The van der Waals surface area contributed by atoms with Crippen LogP contribution in [0.2, 0.25) is 0 Å². The van der Waals surface area contributed by atoms with Crippen LogP contribution in [-0.4, -0.2) is 23.4 Å². The number of hydrogen-bond acceptors (Lipinski definition) is 2. The summed E-state index contributed by atoms with van der Waals surface area (Å²) in [6.07, 6.45) is 3.23. The van der Waals surface area contributed by atoms with Crippen LogP contribution >= 0.6 is 0 Å². The average molecular weight is 170 g/mol. The van der Waals surface area contributed by atoms with Crippen molar-refractivity contribution >= 4 is 0 Å². The van der Waals surface area contributed by atoms with Gasteiger partial charge in [0.15, 0.2) is 0 Å². The Morgan fingerprint density at radius 3 is 2.58 bits per heavy atom. The lowest BCUT2D eigenvalue weighted by Gasteiger charge is -2.33. The third kappa shape index (κ3) is 1.38. The molecule has 2 nitrogen and oxygen atoms in total. The second-order valence-electron chi connectivity index (χ2n) is 4.69. The van der Waals surface area contributed by atoms with Crippen LogP contribution in [0.25, 0.3) is 0 Å². The second-order valence-corrected chi connectivity index (χ2v) is 4.69. The minimum absolute atomic E-state index is 0.0273. The van der Waals surface area contributed by atoms with Crippen LogP contribution in [0.5, 0.6) is 0 Å². The molecule has 2 heteroatoms. The smallest absolute Gasteiger partial charge is 0.0941 e. The summed E-state index contributed by atoms with van der Waals surface area (Å²) >= 11 is 0. The molecule has 1 heterocycles. The molecule has 0 aromatic carbocycles. The lowest BCUT2D eigenvalue weighted by Crippen LogP contribution is -2.37. The Hall–Kier alpha value is -0.0800. The van der Waals surface area contributed by atoms with Crippen LogP contribution in [0.4, 0.5) is 0 Å². The molecule has 1 aliphatic heterocycles. The molecule has 0 amide bonds. The van der Waals surface area contributed by atoms with Gasteiger partial charge in [0, 0.05) is 5.92 Å². The second kappa shape index (κ2) is 2.71. The quantitative estimate of drug-likeness (QED) is 0.606. The molecule has 2 fully saturated rings. The third-order valence-corrected chi connectivity index (χ3v) is 3.46. The SMILES string of the molecule is C[C@@H]1CC[C@@H]([C@]2(C)CO2)[C@H](O)C1. The zero-order chi connectivity index (χ0) is 8.77. The van der Waals surface area contributed by atoms with Gasteiger partial charge in [-0.05, 0) is 25.7 Å². The molecule has 4 atom stereocenters. The van der Waals surface area contributed by atoms with Crippen LogP contribution in [0.15, 0.2) is 0 Å².